The number of nitrogens with zero attached hydrogens (tertiary/aromatic N) is 3. The van der Waals surface area contributed by atoms with Crippen LogP contribution in [0.15, 0.2) is 48.5 Å². The van der Waals surface area contributed by atoms with Gasteiger partial charge in [-0.15, -0.1) is 0 Å². The Labute approximate surface area is 196 Å². The predicted octanol–water partition coefficient (Wildman–Crippen LogP) is 2.93. The Morgan fingerprint density at radius 1 is 1.12 bits per heavy atom. The van der Waals surface area contributed by atoms with Crippen molar-refractivity contribution < 1.29 is 24.2 Å². The van der Waals surface area contributed by atoms with E-state index in [9.17, 15) is 9.59 Å². The van der Waals surface area contributed by atoms with Crippen molar-refractivity contribution in [2.24, 2.45) is 0 Å². The van der Waals surface area contributed by atoms with Crippen molar-refractivity contribution in [1.29, 1.82) is 0 Å². The van der Waals surface area contributed by atoms with Gasteiger partial charge in [0.1, 0.15) is 6.61 Å². The van der Waals surface area contributed by atoms with Gasteiger partial charge in [-0.3, -0.25) is 20.0 Å². The summed E-state index contributed by atoms with van der Waals surface area (Å²) in [6, 6.07) is 15.1. The van der Waals surface area contributed by atoms with Crippen molar-refractivity contribution in [1.82, 2.24) is 20.0 Å². The number of piperidine rings is 1. The lowest BCUT2D eigenvalue weighted by Crippen LogP contribution is -2.41. The molecule has 2 amide bonds. The molecule has 0 atom stereocenters. The van der Waals surface area contributed by atoms with Crippen molar-refractivity contribution >= 4 is 35.1 Å². The Morgan fingerprint density at radius 3 is 2.59 bits per heavy atom. The number of carbonyl (C=O) groups excluding carboxylic acids is 2. The smallest absolute Gasteiger partial charge is 0.411 e. The van der Waals surface area contributed by atoms with Gasteiger partial charge in [0.25, 0.3) is 12.4 Å². The van der Waals surface area contributed by atoms with Gasteiger partial charge in [0.2, 0.25) is 0 Å². The predicted molar refractivity (Wildman–Crippen MR) is 126 cm³/mol. The third-order valence-corrected chi connectivity index (χ3v) is 6.14. The molecule has 0 radical (unpaired) electrons. The van der Waals surface area contributed by atoms with Gasteiger partial charge in [-0.2, -0.15) is 5.10 Å². The monoisotopic (exact) mass is 465 g/mol. The topological polar surface area (TPSA) is 128 Å². The fourth-order valence-corrected chi connectivity index (χ4v) is 4.42. The van der Waals surface area contributed by atoms with Gasteiger partial charge in [-0.1, -0.05) is 30.3 Å². The molecule has 2 aromatic carbocycles. The molecule has 0 unspecified atom stereocenters. The number of amides is 2. The highest BCUT2D eigenvalue weighted by Crippen LogP contribution is 2.26. The van der Waals surface area contributed by atoms with Crippen LogP contribution in [0.4, 0.5) is 10.5 Å². The van der Waals surface area contributed by atoms with Crippen LogP contribution < -0.4 is 5.32 Å². The summed E-state index contributed by atoms with van der Waals surface area (Å²) in [5.74, 6) is -0.0520. The maximum Gasteiger partial charge on any atom is 0.411 e. The van der Waals surface area contributed by atoms with E-state index in [0.717, 1.165) is 50.1 Å². The van der Waals surface area contributed by atoms with Gasteiger partial charge in [0, 0.05) is 43.3 Å². The fourth-order valence-electron chi connectivity index (χ4n) is 4.42. The molecule has 3 aliphatic rings. The molecule has 4 heterocycles. The number of hydrogen-bond acceptors (Lipinski definition) is 6. The van der Waals surface area contributed by atoms with Crippen molar-refractivity contribution in [2.45, 2.75) is 25.5 Å². The molecular weight excluding hydrogens is 438 g/mol. The van der Waals surface area contributed by atoms with E-state index in [-0.39, 0.29) is 25.0 Å². The number of H-pyrrole nitrogens is 1. The Balaban J connectivity index is 0.000000868. The third-order valence-electron chi connectivity index (χ3n) is 6.14. The summed E-state index contributed by atoms with van der Waals surface area (Å²) in [6.07, 6.45) is 1.47. The third kappa shape index (κ3) is 5.34. The van der Waals surface area contributed by atoms with Crippen LogP contribution in [0.1, 0.15) is 28.9 Å². The van der Waals surface area contributed by atoms with Gasteiger partial charge in [-0.25, -0.2) is 4.79 Å². The number of aromatic amines is 1. The average molecular weight is 466 g/mol. The van der Waals surface area contributed by atoms with E-state index in [1.165, 1.54) is 0 Å². The van der Waals surface area contributed by atoms with Crippen LogP contribution in [-0.4, -0.2) is 75.8 Å². The molecule has 3 saturated heterocycles. The molecule has 178 valence electrons. The number of carboxylic acid groups (broad SMARTS) is 1. The quantitative estimate of drug-likeness (QED) is 0.506. The van der Waals surface area contributed by atoms with Gasteiger partial charge in [-0.05, 0) is 36.6 Å². The van der Waals surface area contributed by atoms with Crippen LogP contribution >= 0.6 is 0 Å². The second-order valence-corrected chi connectivity index (χ2v) is 8.20. The van der Waals surface area contributed by atoms with Crippen LogP contribution in [0.3, 0.4) is 0 Å². The zero-order valence-corrected chi connectivity index (χ0v) is 18.6. The fraction of sp³-hybridized carbons (Fsp3) is 0.333. The molecule has 10 nitrogen and oxygen atoms in total. The summed E-state index contributed by atoms with van der Waals surface area (Å²) < 4.78 is 5.29. The van der Waals surface area contributed by atoms with E-state index in [4.69, 9.17) is 14.6 Å². The number of nitrogens with one attached hydrogen (secondary N) is 2. The molecule has 34 heavy (non-hydrogen) atoms. The Hall–Kier alpha value is -3.92. The minimum absolute atomic E-state index is 0.0520. The second kappa shape index (κ2) is 10.8. The molecular formula is C24H27N5O5. The van der Waals surface area contributed by atoms with Gasteiger partial charge >= 0.3 is 6.09 Å². The molecule has 3 aliphatic heterocycles. The molecule has 10 heteroatoms. The van der Waals surface area contributed by atoms with Crippen LogP contribution in [0.2, 0.25) is 0 Å². The second-order valence-electron chi connectivity index (χ2n) is 8.20. The SMILES string of the molecule is O=C(Nc1ccc2[nH]nc(C(=O)N3CCN4CCC3CC4)c2c1)OCc1ccccc1.O=CO. The first kappa shape index (κ1) is 23.2. The molecule has 2 bridgehead atoms. The maximum absolute atomic E-state index is 13.3. The van der Waals surface area contributed by atoms with Crippen LogP contribution in [0, 0.1) is 0 Å². The minimum Gasteiger partial charge on any atom is -0.483 e. The average Bonchev–Trinajstić information content (AvgIpc) is 3.03. The molecule has 0 spiro atoms. The summed E-state index contributed by atoms with van der Waals surface area (Å²) in [6.45, 7) is 3.67. The minimum atomic E-state index is -0.543. The van der Waals surface area contributed by atoms with E-state index in [1.807, 2.05) is 41.3 Å². The zero-order valence-electron chi connectivity index (χ0n) is 18.6. The van der Waals surface area contributed by atoms with E-state index in [0.29, 0.717) is 16.8 Å². The number of fused-ring (bicyclic) bond motifs is 5. The summed E-state index contributed by atoms with van der Waals surface area (Å²) in [5.41, 5.74) is 2.63. The van der Waals surface area contributed by atoms with Crippen LogP contribution in [0.5, 0.6) is 0 Å². The largest absolute Gasteiger partial charge is 0.483 e. The van der Waals surface area contributed by atoms with E-state index in [2.05, 4.69) is 20.4 Å². The summed E-state index contributed by atoms with van der Waals surface area (Å²) >= 11 is 0. The highest BCUT2D eigenvalue weighted by Gasteiger charge is 2.33. The number of ether oxygens (including phenoxy) is 1. The van der Waals surface area contributed by atoms with Crippen LogP contribution in [0.25, 0.3) is 10.9 Å². The van der Waals surface area contributed by atoms with E-state index < -0.39 is 6.09 Å². The Kier molecular flexibility index (Phi) is 7.38. The Bertz CT molecular complexity index is 1140. The molecule has 3 aromatic rings. The first-order valence-electron chi connectivity index (χ1n) is 11.2. The van der Waals surface area contributed by atoms with Crippen molar-refractivity contribution in [3.8, 4) is 0 Å². The first-order valence-corrected chi connectivity index (χ1v) is 11.2. The lowest BCUT2D eigenvalue weighted by atomic mass is 10.0. The van der Waals surface area contributed by atoms with Gasteiger partial charge < -0.3 is 19.6 Å². The van der Waals surface area contributed by atoms with Gasteiger partial charge in [0.15, 0.2) is 5.69 Å². The van der Waals surface area contributed by atoms with Crippen molar-refractivity contribution in [3.05, 3.63) is 59.8 Å². The lowest BCUT2D eigenvalue weighted by molar-refractivity contribution is -0.122. The first-order chi connectivity index (χ1) is 16.6. The molecule has 3 fully saturated rings. The molecule has 0 aliphatic carbocycles. The Morgan fingerprint density at radius 2 is 1.85 bits per heavy atom. The lowest BCUT2D eigenvalue weighted by Gasteiger charge is -2.31. The summed E-state index contributed by atoms with van der Waals surface area (Å²) in [7, 11) is 0. The van der Waals surface area contributed by atoms with Crippen molar-refractivity contribution in [2.75, 3.05) is 31.5 Å². The van der Waals surface area contributed by atoms with E-state index in [1.54, 1.807) is 12.1 Å². The zero-order chi connectivity index (χ0) is 23.9. The van der Waals surface area contributed by atoms with E-state index >= 15 is 0 Å². The van der Waals surface area contributed by atoms with Crippen LogP contribution in [-0.2, 0) is 16.1 Å². The highest BCUT2D eigenvalue weighted by molar-refractivity contribution is 6.06. The number of anilines is 1. The summed E-state index contributed by atoms with van der Waals surface area (Å²) in [4.78, 5) is 38.3. The molecule has 3 N–H and O–H groups in total. The number of benzene rings is 2. The molecule has 6 rings (SSSR count). The highest BCUT2D eigenvalue weighted by atomic mass is 16.5. The summed E-state index contributed by atoms with van der Waals surface area (Å²) in [5, 5.41) is 17.6. The molecule has 1 aromatic heterocycles. The standard InChI is InChI=1S/C23H25N5O3.CH2O2/c29-22(28-13-12-27-10-8-18(28)9-11-27)21-19-14-17(6-7-20(19)25-26-21)24-23(30)31-15-16-4-2-1-3-5-16;2-1-3/h1-7,14,18H,8-13,15H2,(H,24,30)(H,25,26);1H,(H,2,3). The number of rotatable bonds is 4. The van der Waals surface area contributed by atoms with Gasteiger partial charge in [0.05, 0.1) is 5.52 Å². The number of hydrogen-bond donors (Lipinski definition) is 3. The molecule has 0 saturated carbocycles. The van der Waals surface area contributed by atoms with Crippen molar-refractivity contribution in [3.63, 3.8) is 0 Å². The number of aromatic nitrogens is 2. The normalized spacial score (nSPS) is 19.0. The maximum atomic E-state index is 13.3. The number of carbonyl (C=O) groups is 3.